The van der Waals surface area contributed by atoms with Crippen molar-refractivity contribution < 1.29 is 9.50 Å². The first-order valence-corrected chi connectivity index (χ1v) is 8.27. The average molecular weight is 339 g/mol. The quantitative estimate of drug-likeness (QED) is 0.790. The highest BCUT2D eigenvalue weighted by molar-refractivity contribution is 5.88. The molecular formula is C18H18FN5O. The Morgan fingerprint density at radius 2 is 2.04 bits per heavy atom. The molecule has 1 saturated carbocycles. The number of pyridine rings is 1. The molecule has 7 heteroatoms. The summed E-state index contributed by atoms with van der Waals surface area (Å²) in [6.45, 7) is 0. The molecule has 2 aromatic heterocycles. The lowest BCUT2D eigenvalue weighted by Gasteiger charge is -2.26. The number of fused-ring (bicyclic) bond motifs is 1. The zero-order valence-corrected chi connectivity index (χ0v) is 13.8. The summed E-state index contributed by atoms with van der Waals surface area (Å²) in [5.41, 5.74) is 0.504. The Bertz CT molecular complexity index is 902. The molecule has 128 valence electrons. The molecule has 6 nitrogen and oxygen atoms in total. The van der Waals surface area contributed by atoms with Gasteiger partial charge in [-0.05, 0) is 42.8 Å². The number of phenolic OH excluding ortho intramolecular Hbond substituents is 1. The average Bonchev–Trinajstić information content (AvgIpc) is 3.06. The second-order valence-corrected chi connectivity index (χ2v) is 6.36. The van der Waals surface area contributed by atoms with E-state index < -0.39 is 6.17 Å². The maximum absolute atomic E-state index is 13.9. The number of hydrogen-bond acceptors (Lipinski definition) is 6. The highest BCUT2D eigenvalue weighted by Gasteiger charge is 2.31. The monoisotopic (exact) mass is 339 g/mol. The van der Waals surface area contributed by atoms with Crippen molar-refractivity contribution in [3.8, 4) is 17.1 Å². The highest BCUT2D eigenvalue weighted by Crippen LogP contribution is 2.32. The second kappa shape index (κ2) is 6.23. The predicted octanol–water partition coefficient (Wildman–Crippen LogP) is 3.12. The van der Waals surface area contributed by atoms with Crippen molar-refractivity contribution in [1.29, 1.82) is 0 Å². The van der Waals surface area contributed by atoms with Crippen LogP contribution in [0.2, 0.25) is 0 Å². The summed E-state index contributed by atoms with van der Waals surface area (Å²) < 4.78 is 13.9. The van der Waals surface area contributed by atoms with Gasteiger partial charge in [-0.15, -0.1) is 10.2 Å². The second-order valence-electron chi connectivity index (χ2n) is 6.36. The van der Waals surface area contributed by atoms with Crippen LogP contribution < -0.4 is 4.90 Å². The van der Waals surface area contributed by atoms with Gasteiger partial charge in [0.1, 0.15) is 11.9 Å². The van der Waals surface area contributed by atoms with Gasteiger partial charge in [-0.25, -0.2) is 9.37 Å². The first-order chi connectivity index (χ1) is 12.1. The van der Waals surface area contributed by atoms with Crippen LogP contribution in [0.3, 0.4) is 0 Å². The molecule has 1 fully saturated rings. The Balaban J connectivity index is 1.65. The normalized spacial score (nSPS) is 20.1. The van der Waals surface area contributed by atoms with Gasteiger partial charge in [-0.2, -0.15) is 0 Å². The number of aromatic nitrogens is 4. The van der Waals surface area contributed by atoms with E-state index in [4.69, 9.17) is 0 Å². The van der Waals surface area contributed by atoms with Crippen LogP contribution in [-0.4, -0.2) is 44.5 Å². The van der Waals surface area contributed by atoms with Gasteiger partial charge < -0.3 is 10.0 Å². The van der Waals surface area contributed by atoms with Crippen LogP contribution in [0.25, 0.3) is 22.2 Å². The molecule has 0 unspecified atom stereocenters. The van der Waals surface area contributed by atoms with Gasteiger partial charge in [0.05, 0.1) is 17.8 Å². The highest BCUT2D eigenvalue weighted by atomic mass is 19.1. The number of halogens is 1. The van der Waals surface area contributed by atoms with Crippen LogP contribution in [0.4, 0.5) is 10.2 Å². The number of phenols is 1. The summed E-state index contributed by atoms with van der Waals surface area (Å²) in [6, 6.07) is 5.12. The molecule has 1 aliphatic rings. The molecule has 1 N–H and O–H groups in total. The van der Waals surface area contributed by atoms with Gasteiger partial charge in [0, 0.05) is 24.8 Å². The smallest absolute Gasteiger partial charge is 0.185 e. The van der Waals surface area contributed by atoms with E-state index in [0.29, 0.717) is 23.6 Å². The third-order valence-corrected chi connectivity index (χ3v) is 4.80. The van der Waals surface area contributed by atoms with Gasteiger partial charge in [0.15, 0.2) is 11.6 Å². The predicted molar refractivity (Wildman–Crippen MR) is 93.2 cm³/mol. The number of hydrogen-bond donors (Lipinski definition) is 1. The SMILES string of the molecule is CN(c1cnc(-c2cc3ccncc3cc2O)nn1)[C@H]1CCC[C@@H]1F. The molecular weight excluding hydrogens is 321 g/mol. The fraction of sp³-hybridized carbons (Fsp3) is 0.333. The van der Waals surface area contributed by atoms with E-state index in [9.17, 15) is 9.50 Å². The van der Waals surface area contributed by atoms with E-state index >= 15 is 0 Å². The minimum Gasteiger partial charge on any atom is -0.507 e. The number of rotatable bonds is 3. The molecule has 1 aliphatic carbocycles. The molecule has 3 aromatic rings. The van der Waals surface area contributed by atoms with Crippen LogP contribution in [-0.2, 0) is 0 Å². The van der Waals surface area contributed by atoms with E-state index in [1.54, 1.807) is 35.6 Å². The van der Waals surface area contributed by atoms with Gasteiger partial charge in [-0.1, -0.05) is 0 Å². The third-order valence-electron chi connectivity index (χ3n) is 4.80. The van der Waals surface area contributed by atoms with Gasteiger partial charge in [0.25, 0.3) is 0 Å². The van der Waals surface area contributed by atoms with Crippen LogP contribution in [0.5, 0.6) is 5.75 Å². The molecule has 4 rings (SSSR count). The van der Waals surface area contributed by atoms with E-state index in [0.717, 1.165) is 23.6 Å². The zero-order valence-electron chi connectivity index (χ0n) is 13.8. The molecule has 2 atom stereocenters. The summed E-state index contributed by atoms with van der Waals surface area (Å²) >= 11 is 0. The van der Waals surface area contributed by atoms with Crippen LogP contribution >= 0.6 is 0 Å². The molecule has 0 amide bonds. The van der Waals surface area contributed by atoms with Crippen molar-refractivity contribution in [2.45, 2.75) is 31.5 Å². The number of alkyl halides is 1. The molecule has 0 aliphatic heterocycles. The van der Waals surface area contributed by atoms with Crippen molar-refractivity contribution in [3.63, 3.8) is 0 Å². The van der Waals surface area contributed by atoms with E-state index in [-0.39, 0.29) is 11.8 Å². The van der Waals surface area contributed by atoms with Crippen molar-refractivity contribution >= 4 is 16.6 Å². The lowest BCUT2D eigenvalue weighted by atomic mass is 10.1. The summed E-state index contributed by atoms with van der Waals surface area (Å²) in [7, 11) is 1.81. The molecule has 0 bridgehead atoms. The molecule has 1 aromatic carbocycles. The van der Waals surface area contributed by atoms with E-state index in [1.165, 1.54) is 0 Å². The van der Waals surface area contributed by atoms with Gasteiger partial charge >= 0.3 is 0 Å². The Hall–Kier alpha value is -2.83. The van der Waals surface area contributed by atoms with Crippen molar-refractivity contribution in [2.24, 2.45) is 0 Å². The van der Waals surface area contributed by atoms with Crippen molar-refractivity contribution in [3.05, 3.63) is 36.8 Å². The van der Waals surface area contributed by atoms with E-state index in [1.807, 2.05) is 13.1 Å². The minimum atomic E-state index is -0.843. The van der Waals surface area contributed by atoms with E-state index in [2.05, 4.69) is 20.2 Å². The maximum atomic E-state index is 13.9. The first kappa shape index (κ1) is 15.7. The van der Waals surface area contributed by atoms with Crippen LogP contribution in [0.1, 0.15) is 19.3 Å². The summed E-state index contributed by atoms with van der Waals surface area (Å²) in [6.07, 6.45) is 6.39. The van der Waals surface area contributed by atoms with Crippen LogP contribution in [0, 0.1) is 0 Å². The minimum absolute atomic E-state index is 0.0722. The van der Waals surface area contributed by atoms with Crippen molar-refractivity contribution in [1.82, 2.24) is 20.2 Å². The fourth-order valence-corrected chi connectivity index (χ4v) is 3.36. The number of nitrogens with zero attached hydrogens (tertiary/aromatic N) is 5. The van der Waals surface area contributed by atoms with Crippen molar-refractivity contribution in [2.75, 3.05) is 11.9 Å². The molecule has 2 heterocycles. The van der Waals surface area contributed by atoms with Gasteiger partial charge in [0.2, 0.25) is 0 Å². The summed E-state index contributed by atoms with van der Waals surface area (Å²) in [5, 5.41) is 20.3. The fourth-order valence-electron chi connectivity index (χ4n) is 3.36. The van der Waals surface area contributed by atoms with Crippen LogP contribution in [0.15, 0.2) is 36.8 Å². The first-order valence-electron chi connectivity index (χ1n) is 8.27. The number of anilines is 1. The third kappa shape index (κ3) is 2.86. The summed E-state index contributed by atoms with van der Waals surface area (Å²) in [4.78, 5) is 10.2. The molecule has 0 saturated heterocycles. The summed E-state index contributed by atoms with van der Waals surface area (Å²) in [5.74, 6) is 0.933. The standard InChI is InChI=1S/C18H18FN5O/c1-24(15-4-2-3-14(15)19)17-10-21-18(23-22-17)13-7-11-5-6-20-9-12(11)8-16(13)25/h5-10,14-15,25H,2-4H2,1H3/t14-,15-/m0/s1. The maximum Gasteiger partial charge on any atom is 0.185 e. The lowest BCUT2D eigenvalue weighted by Crippen LogP contribution is -2.36. The Morgan fingerprint density at radius 1 is 1.16 bits per heavy atom. The zero-order chi connectivity index (χ0) is 17.4. The molecule has 25 heavy (non-hydrogen) atoms. The Kier molecular flexibility index (Phi) is 3.91. The lowest BCUT2D eigenvalue weighted by molar-refractivity contribution is 0.306. The topological polar surface area (TPSA) is 75.0 Å². The largest absolute Gasteiger partial charge is 0.507 e. The number of benzene rings is 1. The van der Waals surface area contributed by atoms with Gasteiger partial charge in [-0.3, -0.25) is 4.98 Å². The molecule has 0 radical (unpaired) electrons. The Morgan fingerprint density at radius 3 is 2.76 bits per heavy atom. The molecule has 0 spiro atoms. The number of aromatic hydroxyl groups is 1. The Labute approximate surface area is 144 Å².